The summed E-state index contributed by atoms with van der Waals surface area (Å²) < 4.78 is 222. The normalized spacial score (nSPS) is 12.9. The van der Waals surface area contributed by atoms with E-state index < -0.39 is 159 Å². The molecule has 0 aliphatic heterocycles. The number of carbonyl (C=O) groups excluding carboxylic acids is 6. The summed E-state index contributed by atoms with van der Waals surface area (Å²) in [5.74, 6) is -14.4. The Morgan fingerprint density at radius 3 is 0.985 bits per heavy atom. The fourth-order valence-electron chi connectivity index (χ4n) is 14.7. The first-order valence-corrected chi connectivity index (χ1v) is 41.2. The Bertz CT molecular complexity index is 6250. The third-order valence-corrected chi connectivity index (χ3v) is 21.5. The lowest BCUT2D eigenvalue weighted by atomic mass is 9.95. The van der Waals surface area contributed by atoms with Crippen LogP contribution in [-0.2, 0) is 47.9 Å². The van der Waals surface area contributed by atoms with Gasteiger partial charge in [-0.3, -0.25) is 39.3 Å². The number of ether oxygens (including phenoxy) is 3. The molecule has 6 aromatic heterocycles. The SMILES string of the molecule is CC[C@@H](Nc1cc(F)c(C(=O)N[C@@H](Cc2ccc(-c3nc(C)nc(C)c3C)c3ncccc23)C(=O)OC)c(F)c1)C(F)(F)F.CC[C@@H](Nc1cc(F)c(C(=O)N[C@@H](Cc2ccc(-c3ncc(C)cc3N(C)C)c3ncccc23)C(=O)OC)c(F)c1)C(F)(F)F.CC[C@@H](Nc1cc(F)c(C(=O)N[C@@H](Cc2ccc(-c3ncccc3N(C)C)c3ncccc23)C(=O)OC)c(F)c1)C(F)(F)F. The van der Waals surface area contributed by atoms with Gasteiger partial charge in [0, 0.05) is 134 Å². The number of rotatable bonds is 29. The molecule has 0 radical (unpaired) electrons. The molecule has 6 heterocycles. The Morgan fingerprint density at radius 1 is 0.383 bits per heavy atom. The molecule has 0 bridgehead atoms. The zero-order valence-electron chi connectivity index (χ0n) is 74.1. The highest BCUT2D eigenvalue weighted by Gasteiger charge is 2.42. The van der Waals surface area contributed by atoms with Crippen LogP contribution < -0.4 is 41.7 Å². The fraction of sp³-hybridized carbons (Fsp3) is 0.309. The predicted molar refractivity (Wildman–Crippen MR) is 472 cm³/mol. The van der Waals surface area contributed by atoms with Crippen LogP contribution in [0.5, 0.6) is 0 Å². The number of carbonyl (C=O) groups is 6. The number of alkyl halides is 9. The first-order valence-electron chi connectivity index (χ1n) is 41.2. The van der Waals surface area contributed by atoms with Gasteiger partial charge in [0.15, 0.2) is 0 Å². The molecule has 0 saturated heterocycles. The molecule has 24 nitrogen and oxygen atoms in total. The number of amides is 3. The Kier molecular flexibility index (Phi) is 32.7. The molecule has 3 amide bonds. The summed E-state index contributed by atoms with van der Waals surface area (Å²) >= 11 is 0. The molecule has 0 aliphatic carbocycles. The van der Waals surface area contributed by atoms with Crippen molar-refractivity contribution >= 4 is 96.8 Å². The quantitative estimate of drug-likeness (QED) is 0.0144. The van der Waals surface area contributed by atoms with Gasteiger partial charge in [0.1, 0.15) is 93.7 Å². The summed E-state index contributed by atoms with van der Waals surface area (Å²) in [5, 5.41) is 15.0. The second-order valence-corrected chi connectivity index (χ2v) is 31.0. The van der Waals surface area contributed by atoms with Gasteiger partial charge >= 0.3 is 36.4 Å². The molecule has 133 heavy (non-hydrogen) atoms. The number of esters is 3. The average Bonchev–Trinajstić information content (AvgIpc) is 0.777. The number of methoxy groups -OCH3 is 3. The van der Waals surface area contributed by atoms with Gasteiger partial charge in [0.2, 0.25) is 0 Å². The van der Waals surface area contributed by atoms with Gasteiger partial charge in [-0.05, 0) is 148 Å². The summed E-state index contributed by atoms with van der Waals surface area (Å²) in [4.78, 5) is 113. The second-order valence-electron chi connectivity index (χ2n) is 31.0. The molecule has 0 saturated carbocycles. The van der Waals surface area contributed by atoms with Crippen LogP contribution in [0.15, 0.2) is 158 Å². The van der Waals surface area contributed by atoms with Gasteiger partial charge < -0.3 is 55.9 Å². The molecule has 6 atom stereocenters. The minimum atomic E-state index is -4.66. The molecule has 39 heteroatoms. The van der Waals surface area contributed by atoms with Crippen LogP contribution in [-0.4, -0.2) is 175 Å². The lowest BCUT2D eigenvalue weighted by Crippen LogP contribution is -2.43. The van der Waals surface area contributed by atoms with E-state index in [9.17, 15) is 94.6 Å². The smallest absolute Gasteiger partial charge is 0.408 e. The molecule has 0 aliphatic rings. The van der Waals surface area contributed by atoms with Crippen molar-refractivity contribution in [1.29, 1.82) is 0 Å². The lowest BCUT2D eigenvalue weighted by molar-refractivity contribution is -0.143. The van der Waals surface area contributed by atoms with Crippen LogP contribution in [0.1, 0.15) is 110 Å². The standard InChI is InChI=1S/C32H32F5N5O3.2C31H30F5N5O3/c1-6-26(32(35,36)37)40-19-14-22(33)27(23(34)15-19)30(43)41-24(31(44)45-5)13-18-9-10-21(28-20(18)8-7-11-38-28)29-25(42(3)4)12-17(2)16-39-29;1-6-25(31(34,35)36)40-19-13-22(32)26(23(33)14-19)29(42)41-24(30(43)44-5)12-18-9-10-21(28-20(18)8-7-11-37-28)27-15(2)16(3)38-17(4)39-27;1-5-25(31(34,35)36)39-18-15-21(32)26(22(33)16-18)29(42)40-23(30(43)44-4)14-17-10-11-20(27-19(17)8-6-12-37-27)28-24(41(2)3)9-7-13-38-28/h7-12,14-16,24,26,40H,6,13H2,1-5H3,(H,41,43);7-11,13-14,24-25,40H,6,12H2,1-5H3,(H,41,42);6-13,15-16,23,25,39H,5,14H2,1-4H3,(H,40,42)/t24-,26+;24-,25+;23-,25+/m000/s1. The summed E-state index contributed by atoms with van der Waals surface area (Å²) in [7, 11) is 10.9. The Morgan fingerprint density at radius 2 is 0.684 bits per heavy atom. The number of nitrogens with zero attached hydrogens (tertiary/aromatic N) is 9. The number of hydrogen-bond acceptors (Lipinski definition) is 21. The van der Waals surface area contributed by atoms with E-state index in [4.69, 9.17) is 14.2 Å². The van der Waals surface area contributed by atoms with E-state index in [0.717, 1.165) is 66.2 Å². The summed E-state index contributed by atoms with van der Waals surface area (Å²) in [6, 6.07) is 20.0. The van der Waals surface area contributed by atoms with Gasteiger partial charge in [0.25, 0.3) is 17.7 Å². The van der Waals surface area contributed by atoms with Crippen molar-refractivity contribution in [3.63, 3.8) is 0 Å². The van der Waals surface area contributed by atoms with Crippen molar-refractivity contribution in [2.45, 2.75) is 142 Å². The monoisotopic (exact) mass is 1860 g/mol. The maximum atomic E-state index is 14.9. The average molecular weight is 1860 g/mol. The van der Waals surface area contributed by atoms with Crippen molar-refractivity contribution in [2.75, 3.05) is 75.3 Å². The highest BCUT2D eigenvalue weighted by atomic mass is 19.4. The molecule has 0 spiro atoms. The Hall–Kier alpha value is -14.3. The van der Waals surface area contributed by atoms with Gasteiger partial charge in [-0.2, -0.15) is 39.5 Å². The molecule has 12 rings (SSSR count). The first-order chi connectivity index (χ1) is 62.8. The van der Waals surface area contributed by atoms with E-state index in [0.29, 0.717) is 109 Å². The van der Waals surface area contributed by atoms with Crippen LogP contribution in [0, 0.1) is 62.6 Å². The minimum Gasteiger partial charge on any atom is -0.467 e. The van der Waals surface area contributed by atoms with Crippen molar-refractivity contribution in [2.24, 2.45) is 0 Å². The van der Waals surface area contributed by atoms with Gasteiger partial charge in [0.05, 0.1) is 66.3 Å². The zero-order chi connectivity index (χ0) is 97.6. The number of fused-ring (bicyclic) bond motifs is 3. The molecule has 6 aromatic carbocycles. The van der Waals surface area contributed by atoms with Gasteiger partial charge in [-0.25, -0.2) is 50.7 Å². The number of anilines is 5. The van der Waals surface area contributed by atoms with E-state index in [1.165, 1.54) is 20.8 Å². The summed E-state index contributed by atoms with van der Waals surface area (Å²) in [6.07, 6.45) is -7.31. The van der Waals surface area contributed by atoms with Crippen LogP contribution >= 0.6 is 0 Å². The number of pyridine rings is 5. The maximum absolute atomic E-state index is 14.9. The molecule has 0 unspecified atom stereocenters. The first kappa shape index (κ1) is 101. The third-order valence-electron chi connectivity index (χ3n) is 21.5. The number of aryl methyl sites for hydroxylation is 3. The Balaban J connectivity index is 0.000000207. The summed E-state index contributed by atoms with van der Waals surface area (Å²) in [6.45, 7) is 11.3. The third kappa shape index (κ3) is 24.1. The van der Waals surface area contributed by atoms with E-state index in [-0.39, 0.29) is 38.5 Å². The molecule has 6 N–H and O–H groups in total. The topological polar surface area (TPSA) is 299 Å². The van der Waals surface area contributed by atoms with Crippen LogP contribution in [0.2, 0.25) is 0 Å². The highest BCUT2D eigenvalue weighted by Crippen LogP contribution is 2.40. The highest BCUT2D eigenvalue weighted by molar-refractivity contribution is 6.03. The number of aromatic nitrogens is 7. The Labute approximate surface area is 753 Å². The van der Waals surface area contributed by atoms with E-state index in [1.807, 2.05) is 92.9 Å². The predicted octanol–water partition coefficient (Wildman–Crippen LogP) is 18.3. The van der Waals surface area contributed by atoms with E-state index >= 15 is 0 Å². The number of benzene rings is 6. The number of nitrogens with one attached hydrogen (secondary N) is 6. The number of halogens is 15. The number of hydrogen-bond donors (Lipinski definition) is 6. The van der Waals surface area contributed by atoms with E-state index in [1.54, 1.807) is 111 Å². The lowest BCUT2D eigenvalue weighted by Gasteiger charge is -2.22. The molecule has 702 valence electrons. The van der Waals surface area contributed by atoms with Gasteiger partial charge in [-0.15, -0.1) is 0 Å². The molecular weight excluding hydrogens is 1770 g/mol. The van der Waals surface area contributed by atoms with Crippen LogP contribution in [0.3, 0.4) is 0 Å². The van der Waals surface area contributed by atoms with Crippen molar-refractivity contribution < 1.29 is 109 Å². The molecule has 12 aromatic rings. The van der Waals surface area contributed by atoms with Crippen LogP contribution in [0.25, 0.3) is 66.5 Å². The fourth-order valence-corrected chi connectivity index (χ4v) is 14.7. The van der Waals surface area contributed by atoms with E-state index in [2.05, 4.69) is 50.8 Å². The maximum Gasteiger partial charge on any atom is 0.408 e. The molecular formula is C94H92F15N15O9. The second kappa shape index (κ2) is 43.2. The van der Waals surface area contributed by atoms with Gasteiger partial charge in [-0.1, -0.05) is 75.4 Å². The van der Waals surface area contributed by atoms with Crippen molar-refractivity contribution in [1.82, 2.24) is 50.8 Å². The van der Waals surface area contributed by atoms with Crippen LogP contribution in [0.4, 0.5) is 94.3 Å². The zero-order valence-corrected chi connectivity index (χ0v) is 74.1. The molecule has 0 fully saturated rings. The summed E-state index contributed by atoms with van der Waals surface area (Å²) in [5.41, 5.74) is 7.39. The largest absolute Gasteiger partial charge is 0.467 e. The minimum absolute atomic E-state index is 0.129. The van der Waals surface area contributed by atoms with Crippen molar-refractivity contribution in [3.8, 4) is 33.8 Å². The van der Waals surface area contributed by atoms with Crippen molar-refractivity contribution in [3.05, 3.63) is 249 Å².